The molecule has 2 unspecified atom stereocenters. The number of benzene rings is 3. The largest absolute Gasteiger partial charge is 0.496 e. The van der Waals surface area contributed by atoms with Gasteiger partial charge in [-0.15, -0.1) is 0 Å². The van der Waals surface area contributed by atoms with E-state index in [0.717, 1.165) is 16.0 Å². The van der Waals surface area contributed by atoms with Crippen LogP contribution in [0.3, 0.4) is 0 Å². The molecular formula is C29H28ClN3O5. The minimum atomic E-state index is -1.07. The summed E-state index contributed by atoms with van der Waals surface area (Å²) in [4.78, 5) is 41.2. The van der Waals surface area contributed by atoms with E-state index >= 15 is 0 Å². The molecule has 38 heavy (non-hydrogen) atoms. The van der Waals surface area contributed by atoms with E-state index in [1.165, 1.54) is 0 Å². The summed E-state index contributed by atoms with van der Waals surface area (Å²) in [5.74, 6) is -0.0670. The molecule has 0 radical (unpaired) electrons. The second kappa shape index (κ2) is 11.8. The van der Waals surface area contributed by atoms with E-state index in [1.54, 1.807) is 51.3 Å². The van der Waals surface area contributed by atoms with E-state index in [4.69, 9.17) is 21.1 Å². The van der Waals surface area contributed by atoms with Crippen molar-refractivity contribution in [3.63, 3.8) is 0 Å². The number of halogens is 1. The maximum Gasteiger partial charge on any atom is 0.338 e. The summed E-state index contributed by atoms with van der Waals surface area (Å²) in [6.07, 6.45) is 0. The SMILES string of the molecule is COc1ccccc1C(C)NC(=O)N1C(=O)NC(C)=C(C(=O)OCc2ccccc2)C1c1cccc(Cl)c1. The average Bonchev–Trinajstić information content (AvgIpc) is 2.91. The monoisotopic (exact) mass is 533 g/mol. The zero-order valence-corrected chi connectivity index (χ0v) is 22.0. The number of carbonyl (C=O) groups is 3. The average molecular weight is 534 g/mol. The minimum absolute atomic E-state index is 0.0314. The molecular weight excluding hydrogens is 506 g/mol. The van der Waals surface area contributed by atoms with Gasteiger partial charge in [-0.2, -0.15) is 0 Å². The molecule has 8 nitrogen and oxygen atoms in total. The fraction of sp³-hybridized carbons (Fsp3) is 0.207. The van der Waals surface area contributed by atoms with Gasteiger partial charge in [0.05, 0.1) is 18.7 Å². The van der Waals surface area contributed by atoms with E-state index in [0.29, 0.717) is 22.0 Å². The highest BCUT2D eigenvalue weighted by molar-refractivity contribution is 6.30. The molecule has 1 heterocycles. The Labute approximate surface area is 226 Å². The molecule has 0 aromatic heterocycles. The van der Waals surface area contributed by atoms with Crippen LogP contribution in [0.15, 0.2) is 90.1 Å². The predicted octanol–water partition coefficient (Wildman–Crippen LogP) is 5.90. The van der Waals surface area contributed by atoms with E-state index in [9.17, 15) is 14.4 Å². The predicted molar refractivity (Wildman–Crippen MR) is 143 cm³/mol. The highest BCUT2D eigenvalue weighted by atomic mass is 35.5. The molecule has 0 aliphatic carbocycles. The van der Waals surface area contributed by atoms with Crippen LogP contribution in [0.2, 0.25) is 5.02 Å². The van der Waals surface area contributed by atoms with Crippen LogP contribution in [0.1, 0.15) is 42.6 Å². The quantitative estimate of drug-likeness (QED) is 0.368. The summed E-state index contributed by atoms with van der Waals surface area (Å²) in [5.41, 5.74) is 2.44. The number of ether oxygens (including phenoxy) is 2. The van der Waals surface area contributed by atoms with Gasteiger partial charge in [0.15, 0.2) is 0 Å². The number of methoxy groups -OCH3 is 1. The third kappa shape index (κ3) is 5.81. The van der Waals surface area contributed by atoms with Crippen molar-refractivity contribution in [2.75, 3.05) is 7.11 Å². The summed E-state index contributed by atoms with van der Waals surface area (Å²) in [5, 5.41) is 5.89. The number of esters is 1. The summed E-state index contributed by atoms with van der Waals surface area (Å²) < 4.78 is 11.0. The molecule has 3 aromatic carbocycles. The van der Waals surface area contributed by atoms with E-state index in [-0.39, 0.29) is 12.2 Å². The molecule has 2 atom stereocenters. The number of hydrogen-bond acceptors (Lipinski definition) is 5. The Morgan fingerprint density at radius 2 is 1.76 bits per heavy atom. The van der Waals surface area contributed by atoms with Gasteiger partial charge in [-0.05, 0) is 43.2 Å². The van der Waals surface area contributed by atoms with Crippen LogP contribution in [-0.2, 0) is 16.1 Å². The third-order valence-electron chi connectivity index (χ3n) is 6.21. The van der Waals surface area contributed by atoms with Gasteiger partial charge < -0.3 is 20.1 Å². The lowest BCUT2D eigenvalue weighted by Crippen LogP contribution is -2.54. The Bertz CT molecular complexity index is 1380. The molecule has 3 aromatic rings. The Hall–Kier alpha value is -4.30. The van der Waals surface area contributed by atoms with Gasteiger partial charge in [0.2, 0.25) is 0 Å². The maximum absolute atomic E-state index is 13.6. The number of carbonyl (C=O) groups excluding carboxylic acids is 3. The van der Waals surface area contributed by atoms with Gasteiger partial charge in [-0.1, -0.05) is 72.3 Å². The topological polar surface area (TPSA) is 97.0 Å². The van der Waals surface area contributed by atoms with Gasteiger partial charge >= 0.3 is 18.0 Å². The molecule has 0 saturated heterocycles. The first-order chi connectivity index (χ1) is 18.3. The van der Waals surface area contributed by atoms with Crippen molar-refractivity contribution in [1.29, 1.82) is 0 Å². The summed E-state index contributed by atoms with van der Waals surface area (Å²) in [7, 11) is 1.54. The number of imide groups is 1. The first kappa shape index (κ1) is 26.8. The van der Waals surface area contributed by atoms with Gasteiger partial charge in [0.1, 0.15) is 18.4 Å². The smallest absolute Gasteiger partial charge is 0.338 e. The van der Waals surface area contributed by atoms with Crippen molar-refractivity contribution in [1.82, 2.24) is 15.5 Å². The second-order valence-corrected chi connectivity index (χ2v) is 9.21. The van der Waals surface area contributed by atoms with Crippen LogP contribution in [-0.4, -0.2) is 30.0 Å². The molecule has 0 saturated carbocycles. The van der Waals surface area contributed by atoms with Crippen LogP contribution in [0.25, 0.3) is 0 Å². The van der Waals surface area contributed by atoms with E-state index in [1.807, 2.05) is 48.5 Å². The number of amides is 4. The summed E-state index contributed by atoms with van der Waals surface area (Å²) in [6, 6.07) is 20.2. The van der Waals surface area contributed by atoms with Gasteiger partial charge in [0.25, 0.3) is 0 Å². The second-order valence-electron chi connectivity index (χ2n) is 8.77. The molecule has 196 valence electrons. The number of para-hydroxylation sites is 1. The fourth-order valence-electron chi connectivity index (χ4n) is 4.36. The van der Waals surface area contributed by atoms with Crippen LogP contribution in [0.5, 0.6) is 5.75 Å². The first-order valence-electron chi connectivity index (χ1n) is 12.0. The van der Waals surface area contributed by atoms with Crippen molar-refractivity contribution in [3.05, 3.63) is 112 Å². The molecule has 1 aliphatic rings. The number of rotatable bonds is 7. The maximum atomic E-state index is 13.6. The van der Waals surface area contributed by atoms with Crippen LogP contribution in [0, 0.1) is 0 Å². The van der Waals surface area contributed by atoms with Crippen molar-refractivity contribution in [2.24, 2.45) is 0 Å². The lowest BCUT2D eigenvalue weighted by atomic mass is 9.94. The van der Waals surface area contributed by atoms with Gasteiger partial charge in [0, 0.05) is 16.3 Å². The van der Waals surface area contributed by atoms with Crippen molar-refractivity contribution in [3.8, 4) is 5.75 Å². The number of nitrogens with one attached hydrogen (secondary N) is 2. The Balaban J connectivity index is 1.68. The Morgan fingerprint density at radius 1 is 1.05 bits per heavy atom. The van der Waals surface area contributed by atoms with Crippen molar-refractivity contribution in [2.45, 2.75) is 32.5 Å². The molecule has 0 spiro atoms. The molecule has 0 fully saturated rings. The third-order valence-corrected chi connectivity index (χ3v) is 6.45. The molecule has 4 rings (SSSR count). The molecule has 1 aliphatic heterocycles. The minimum Gasteiger partial charge on any atom is -0.496 e. The fourth-order valence-corrected chi connectivity index (χ4v) is 4.56. The number of allylic oxidation sites excluding steroid dienone is 1. The standard InChI is InChI=1S/C29H28ClN3O5/c1-18(23-14-7-8-15-24(23)37-3)31-28(35)33-26(21-12-9-13-22(30)16-21)25(19(2)32-29(33)36)27(34)38-17-20-10-5-4-6-11-20/h4-16,18,26H,17H2,1-3H3,(H,31,35)(H,32,36). The number of hydrogen-bond donors (Lipinski definition) is 2. The lowest BCUT2D eigenvalue weighted by molar-refractivity contribution is -0.141. The lowest BCUT2D eigenvalue weighted by Gasteiger charge is -2.37. The van der Waals surface area contributed by atoms with Gasteiger partial charge in [-0.25, -0.2) is 19.3 Å². The number of nitrogens with zero attached hydrogens (tertiary/aromatic N) is 1. The highest BCUT2D eigenvalue weighted by Gasteiger charge is 2.42. The zero-order chi connectivity index (χ0) is 27.2. The molecule has 2 N–H and O–H groups in total. The van der Waals surface area contributed by atoms with Crippen LogP contribution >= 0.6 is 11.6 Å². The highest BCUT2D eigenvalue weighted by Crippen LogP contribution is 2.36. The Morgan fingerprint density at radius 3 is 2.47 bits per heavy atom. The van der Waals surface area contributed by atoms with Crippen molar-refractivity contribution >= 4 is 29.6 Å². The molecule has 0 bridgehead atoms. The first-order valence-corrected chi connectivity index (χ1v) is 12.4. The van der Waals surface area contributed by atoms with Crippen LogP contribution < -0.4 is 15.4 Å². The molecule has 9 heteroatoms. The van der Waals surface area contributed by atoms with Crippen molar-refractivity contribution < 1.29 is 23.9 Å². The zero-order valence-electron chi connectivity index (χ0n) is 21.2. The van der Waals surface area contributed by atoms with Gasteiger partial charge in [-0.3, -0.25) is 0 Å². The number of urea groups is 2. The normalized spacial score (nSPS) is 15.9. The van der Waals surface area contributed by atoms with E-state index < -0.39 is 30.1 Å². The summed E-state index contributed by atoms with van der Waals surface area (Å²) >= 11 is 6.26. The Kier molecular flexibility index (Phi) is 8.33. The summed E-state index contributed by atoms with van der Waals surface area (Å²) in [6.45, 7) is 3.41. The molecule has 4 amide bonds. The van der Waals surface area contributed by atoms with E-state index in [2.05, 4.69) is 10.6 Å². The van der Waals surface area contributed by atoms with Crippen LogP contribution in [0.4, 0.5) is 9.59 Å².